The van der Waals surface area contributed by atoms with Crippen molar-refractivity contribution in [2.75, 3.05) is 20.4 Å². The fraction of sp³-hybridized carbons (Fsp3) is 0.357. The number of alkyl halides is 3. The van der Waals surface area contributed by atoms with E-state index in [1.165, 1.54) is 20.5 Å². The monoisotopic (exact) mass is 408 g/mol. The van der Waals surface area contributed by atoms with Gasteiger partial charge < -0.3 is 18.9 Å². The Kier molecular flexibility index (Phi) is 8.41. The van der Waals surface area contributed by atoms with Crippen LogP contribution in [-0.4, -0.2) is 47.6 Å². The molecular formula is C14H16F3N4O5P. The van der Waals surface area contributed by atoms with E-state index in [4.69, 9.17) is 18.9 Å². The van der Waals surface area contributed by atoms with E-state index in [1.807, 2.05) is 12.1 Å². The topological polar surface area (TPSA) is 118 Å². The van der Waals surface area contributed by atoms with Crippen molar-refractivity contribution in [1.29, 1.82) is 0 Å². The zero-order valence-corrected chi connectivity index (χ0v) is 15.2. The Hall–Kier alpha value is -2.43. The first kappa shape index (κ1) is 22.6. The predicted octanol–water partition coefficient (Wildman–Crippen LogP) is 0.611. The molecule has 0 N–H and O–H groups in total. The fourth-order valence-electron chi connectivity index (χ4n) is 1.61. The van der Waals surface area contributed by atoms with Crippen molar-refractivity contribution < 1.29 is 41.4 Å². The second kappa shape index (κ2) is 10.0. The maximum absolute atomic E-state index is 11.9. The largest absolute Gasteiger partial charge is 0.542 e. The summed E-state index contributed by atoms with van der Waals surface area (Å²) in [5.41, 5.74) is 1.70. The van der Waals surface area contributed by atoms with Gasteiger partial charge in [0.05, 0.1) is 5.69 Å². The van der Waals surface area contributed by atoms with Gasteiger partial charge in [0.1, 0.15) is 24.7 Å². The first-order chi connectivity index (χ1) is 12.6. The molecule has 148 valence electrons. The van der Waals surface area contributed by atoms with Gasteiger partial charge in [-0.1, -0.05) is 4.68 Å². The zero-order chi connectivity index (χ0) is 20.5. The van der Waals surface area contributed by atoms with E-state index in [2.05, 4.69) is 15.1 Å². The highest BCUT2D eigenvalue weighted by Gasteiger charge is 2.28. The molecule has 27 heavy (non-hydrogen) atoms. The van der Waals surface area contributed by atoms with Crippen LogP contribution in [0.15, 0.2) is 37.1 Å². The fourth-order valence-corrected chi connectivity index (χ4v) is 2.58. The molecule has 13 heteroatoms. The van der Waals surface area contributed by atoms with Crippen molar-refractivity contribution in [2.45, 2.75) is 12.7 Å². The van der Waals surface area contributed by atoms with Crippen molar-refractivity contribution in [3.8, 4) is 11.3 Å². The maximum Gasteiger partial charge on any atom is 0.430 e. The Morgan fingerprint density at radius 3 is 2.33 bits per heavy atom. The third-order valence-electron chi connectivity index (χ3n) is 3.04. The van der Waals surface area contributed by atoms with Gasteiger partial charge in [-0.25, -0.2) is 9.97 Å². The molecule has 0 radical (unpaired) electrons. The van der Waals surface area contributed by atoms with Crippen LogP contribution in [0, 0.1) is 0 Å². The van der Waals surface area contributed by atoms with Crippen LogP contribution in [0.1, 0.15) is 0 Å². The molecule has 0 saturated heterocycles. The van der Waals surface area contributed by atoms with Gasteiger partial charge >= 0.3 is 13.8 Å². The summed E-state index contributed by atoms with van der Waals surface area (Å²) in [5.74, 6) is -3.01. The number of aliphatic carboxylic acids is 1. The van der Waals surface area contributed by atoms with Gasteiger partial charge in [-0.15, -0.1) is 0 Å². The van der Waals surface area contributed by atoms with E-state index in [0.717, 1.165) is 11.3 Å². The number of carboxylic acid groups (broad SMARTS) is 1. The molecule has 0 spiro atoms. The van der Waals surface area contributed by atoms with Crippen LogP contribution in [0.5, 0.6) is 0 Å². The van der Waals surface area contributed by atoms with E-state index in [0.29, 0.717) is 6.54 Å². The maximum atomic E-state index is 11.9. The number of hydrogen-bond acceptors (Lipinski definition) is 8. The van der Waals surface area contributed by atoms with Crippen LogP contribution in [0.3, 0.4) is 0 Å². The molecule has 0 bridgehead atoms. The summed E-state index contributed by atoms with van der Waals surface area (Å²) in [7, 11) is -0.247. The lowest BCUT2D eigenvalue weighted by molar-refractivity contribution is -0.750. The molecule has 9 nitrogen and oxygen atoms in total. The number of aromatic nitrogens is 4. The van der Waals surface area contributed by atoms with Crippen LogP contribution in [0.25, 0.3) is 11.3 Å². The molecule has 2 rings (SSSR count). The Bertz CT molecular complexity index is 767. The minimum atomic E-state index is -5.19. The zero-order valence-electron chi connectivity index (χ0n) is 14.3. The molecule has 2 aromatic heterocycles. The molecule has 0 amide bonds. The Labute approximate surface area is 152 Å². The van der Waals surface area contributed by atoms with E-state index in [9.17, 15) is 17.7 Å². The number of hydrogen-bond donors (Lipinski definition) is 0. The third kappa shape index (κ3) is 7.77. The van der Waals surface area contributed by atoms with Gasteiger partial charge in [-0.3, -0.25) is 4.57 Å². The summed E-state index contributed by atoms with van der Waals surface area (Å²) in [6.45, 7) is 0.447. The average molecular weight is 408 g/mol. The van der Waals surface area contributed by atoms with Gasteiger partial charge in [0.15, 0.2) is 12.7 Å². The first-order valence-electron chi connectivity index (χ1n) is 7.22. The predicted molar refractivity (Wildman–Crippen MR) is 83.0 cm³/mol. The minimum Gasteiger partial charge on any atom is -0.542 e. The molecule has 2 heterocycles. The Morgan fingerprint density at radius 1 is 1.30 bits per heavy atom. The number of carboxylic acids is 1. The molecule has 0 unspecified atom stereocenters. The summed E-state index contributed by atoms with van der Waals surface area (Å²) < 4.78 is 54.9. The van der Waals surface area contributed by atoms with Gasteiger partial charge in [0, 0.05) is 32.0 Å². The quantitative estimate of drug-likeness (QED) is 0.504. The summed E-state index contributed by atoms with van der Waals surface area (Å²) in [6, 6.07) is 3.70. The molecule has 0 saturated carbocycles. The third-order valence-corrected chi connectivity index (χ3v) is 4.90. The van der Waals surface area contributed by atoms with Crippen molar-refractivity contribution >= 4 is 13.6 Å². The highest BCUT2D eigenvalue weighted by Crippen LogP contribution is 2.45. The molecule has 0 fully saturated rings. The smallest absolute Gasteiger partial charge is 0.430 e. The number of carbonyl (C=O) groups is 1. The van der Waals surface area contributed by atoms with E-state index >= 15 is 0 Å². The van der Waals surface area contributed by atoms with Crippen LogP contribution in [0.2, 0.25) is 0 Å². The van der Waals surface area contributed by atoms with E-state index in [1.54, 1.807) is 23.3 Å². The van der Waals surface area contributed by atoms with Gasteiger partial charge in [-0.2, -0.15) is 13.2 Å². The molecule has 2 aromatic rings. The van der Waals surface area contributed by atoms with Crippen molar-refractivity contribution in [3.63, 3.8) is 0 Å². The summed E-state index contributed by atoms with van der Waals surface area (Å²) in [4.78, 5) is 16.8. The molecule has 0 aromatic carbocycles. The number of aryl methyl sites for hydroxylation is 1. The lowest BCUT2D eigenvalue weighted by atomic mass is 10.2. The Balaban J connectivity index is 0.000000445. The molecule has 0 aliphatic rings. The van der Waals surface area contributed by atoms with Crippen LogP contribution in [0.4, 0.5) is 13.2 Å². The number of carbonyl (C=O) groups excluding carboxylic acids is 1. The SMILES string of the molecule is COP(=O)(CC[n+]1ccc(-c2ccncn2)cn1)OC.O=C([O-])C(F)(F)F. The summed E-state index contributed by atoms with van der Waals surface area (Å²) >= 11 is 0. The van der Waals surface area contributed by atoms with Crippen molar-refractivity contribution in [1.82, 2.24) is 15.1 Å². The molecular weight excluding hydrogens is 392 g/mol. The minimum absolute atomic E-state index is 0.268. The van der Waals surface area contributed by atoms with E-state index in [-0.39, 0.29) is 6.16 Å². The van der Waals surface area contributed by atoms with Gasteiger partial charge in [0.25, 0.3) is 0 Å². The normalized spacial score (nSPS) is 11.4. The van der Waals surface area contributed by atoms with Crippen molar-refractivity contribution in [2.24, 2.45) is 0 Å². The standard InChI is InChI=1S/C12H16N4O3P.C2HF3O2/c1-18-20(17,19-2)8-7-16-6-4-11(9-15-16)12-3-5-13-10-14-12;3-2(4,5)1(6)7/h3-6,9-10H,7-8H2,1-2H3;(H,6,7)/q+1;/p-1. The van der Waals surface area contributed by atoms with Gasteiger partial charge in [-0.05, 0) is 11.2 Å². The summed E-state index contributed by atoms with van der Waals surface area (Å²) in [6.07, 6.45) is 1.74. The lowest BCUT2D eigenvalue weighted by Crippen LogP contribution is -2.39. The Morgan fingerprint density at radius 2 is 1.93 bits per heavy atom. The number of halogens is 3. The number of nitrogens with zero attached hydrogens (tertiary/aromatic N) is 4. The molecule has 0 aliphatic heterocycles. The summed E-state index contributed by atoms with van der Waals surface area (Å²) in [5, 5.41) is 13.0. The average Bonchev–Trinajstić information content (AvgIpc) is 2.67. The van der Waals surface area contributed by atoms with Crippen LogP contribution in [-0.2, 0) is 25.0 Å². The van der Waals surface area contributed by atoms with Crippen LogP contribution < -0.4 is 9.79 Å². The second-order valence-corrected chi connectivity index (χ2v) is 7.16. The lowest BCUT2D eigenvalue weighted by Gasteiger charge is -2.10. The highest BCUT2D eigenvalue weighted by atomic mass is 31.2. The second-order valence-electron chi connectivity index (χ2n) is 4.76. The molecule has 0 atom stereocenters. The van der Waals surface area contributed by atoms with Crippen molar-refractivity contribution in [3.05, 3.63) is 37.1 Å². The number of rotatable bonds is 6. The van der Waals surface area contributed by atoms with Crippen LogP contribution >= 0.6 is 7.60 Å². The van der Waals surface area contributed by atoms with E-state index < -0.39 is 19.7 Å². The highest BCUT2D eigenvalue weighted by molar-refractivity contribution is 7.53. The van der Waals surface area contributed by atoms with Gasteiger partial charge in [0.2, 0.25) is 0 Å². The molecule has 0 aliphatic carbocycles. The first-order valence-corrected chi connectivity index (χ1v) is 8.95.